The van der Waals surface area contributed by atoms with Gasteiger partial charge in [0.05, 0.1) is 32.8 Å². The molecule has 0 aromatic heterocycles. The molecule has 0 radical (unpaired) electrons. The van der Waals surface area contributed by atoms with Crippen LogP contribution in [-0.2, 0) is 57.3 Å². The molecule has 0 aliphatic heterocycles. The smallest absolute Gasteiger partial charge is 0.234 e. The third kappa shape index (κ3) is 36.0. The van der Waals surface area contributed by atoms with Gasteiger partial charge in [0.2, 0.25) is 5.91 Å². The highest BCUT2D eigenvalue weighted by Crippen LogP contribution is 2.05. The van der Waals surface area contributed by atoms with Crippen LogP contribution in [0.15, 0.2) is 0 Å². The molecule has 0 aromatic carbocycles. The molecule has 0 aliphatic rings. The Labute approximate surface area is 322 Å². The second-order valence-corrected chi connectivity index (χ2v) is 13.7. The average molecular weight is 769 g/mol. The fourth-order valence-corrected chi connectivity index (χ4v) is 5.05. The molecule has 1 amide bonds. The number of hydrogen-bond donors (Lipinski definition) is 1. The first-order valence-corrected chi connectivity index (χ1v) is 19.8. The maximum absolute atomic E-state index is 12.8. The Hall–Kier alpha value is -3.04. The maximum Gasteiger partial charge on any atom is 0.234 e. The molecule has 54 heavy (non-hydrogen) atoms. The Morgan fingerprint density at radius 3 is 1.19 bits per heavy atom. The maximum atomic E-state index is 12.8. The summed E-state index contributed by atoms with van der Waals surface area (Å²) in [5.74, 6) is -0.516. The molecule has 0 bridgehead atoms. The molecule has 310 valence electrons. The fraction of sp³-hybridized carbons (Fsp3) is 0.800. The Morgan fingerprint density at radius 2 is 0.778 bits per heavy atom. The van der Waals surface area contributed by atoms with Gasteiger partial charge in [0.25, 0.3) is 0 Å². The minimum Gasteiger partial charge on any atom is -0.381 e. The SMILES string of the molecule is CCCCOCCCC(=O)CCOCCNC(=O)CN(CC(=O)CCCOCCCC(=O)CCC(C)=O)CC(=O)CCCOCCCC(=O)CCC(C)=O. The normalized spacial score (nSPS) is 11.1. The van der Waals surface area contributed by atoms with Crippen LogP contribution < -0.4 is 5.32 Å². The number of carbonyl (C=O) groups excluding carboxylic acids is 8. The highest BCUT2D eigenvalue weighted by atomic mass is 16.5. The van der Waals surface area contributed by atoms with Crippen molar-refractivity contribution in [1.29, 1.82) is 0 Å². The number of carbonyl (C=O) groups is 8. The Bertz CT molecular complexity index is 1050. The van der Waals surface area contributed by atoms with Gasteiger partial charge >= 0.3 is 0 Å². The number of unbranched alkanes of at least 4 members (excludes halogenated alkanes) is 1. The predicted octanol–water partition coefficient (Wildman–Crippen LogP) is 4.15. The van der Waals surface area contributed by atoms with E-state index in [9.17, 15) is 38.4 Å². The van der Waals surface area contributed by atoms with Crippen molar-refractivity contribution in [3.63, 3.8) is 0 Å². The molecule has 1 N–H and O–H groups in total. The van der Waals surface area contributed by atoms with Crippen molar-refractivity contribution in [3.05, 3.63) is 0 Å². The molecule has 0 atom stereocenters. The van der Waals surface area contributed by atoms with Gasteiger partial charge in [0.1, 0.15) is 40.5 Å². The molecule has 0 spiro atoms. The molecule has 0 aromatic rings. The summed E-state index contributed by atoms with van der Waals surface area (Å²) in [7, 11) is 0. The summed E-state index contributed by atoms with van der Waals surface area (Å²) in [4.78, 5) is 97.4. The van der Waals surface area contributed by atoms with Crippen LogP contribution in [0.2, 0.25) is 0 Å². The van der Waals surface area contributed by atoms with Gasteiger partial charge in [-0.25, -0.2) is 0 Å². The largest absolute Gasteiger partial charge is 0.381 e. The first-order valence-electron chi connectivity index (χ1n) is 19.8. The van der Waals surface area contributed by atoms with Crippen LogP contribution in [0.3, 0.4) is 0 Å². The Balaban J connectivity index is 4.56. The third-order valence-corrected chi connectivity index (χ3v) is 8.14. The zero-order valence-corrected chi connectivity index (χ0v) is 33.4. The number of amides is 1. The van der Waals surface area contributed by atoms with Crippen LogP contribution in [0.4, 0.5) is 0 Å². The molecule has 0 unspecified atom stereocenters. The van der Waals surface area contributed by atoms with Gasteiger partial charge < -0.3 is 33.9 Å². The van der Waals surface area contributed by atoms with E-state index in [0.29, 0.717) is 97.4 Å². The predicted molar refractivity (Wildman–Crippen MR) is 203 cm³/mol. The van der Waals surface area contributed by atoms with Crippen LogP contribution in [0, 0.1) is 0 Å². The lowest BCUT2D eigenvalue weighted by Crippen LogP contribution is -2.43. The summed E-state index contributed by atoms with van der Waals surface area (Å²) < 4.78 is 22.1. The summed E-state index contributed by atoms with van der Waals surface area (Å²) in [6.45, 7) is 8.07. The van der Waals surface area contributed by atoms with E-state index in [-0.39, 0.29) is 124 Å². The van der Waals surface area contributed by atoms with E-state index in [0.717, 1.165) is 12.8 Å². The lowest BCUT2D eigenvalue weighted by Gasteiger charge is -2.20. The minimum absolute atomic E-state index is 0.0134. The van der Waals surface area contributed by atoms with E-state index in [1.165, 1.54) is 18.7 Å². The number of nitrogens with one attached hydrogen (secondary N) is 1. The molecular formula is C40H68N2O12. The number of Topliss-reactive ketones (excluding diaryl/α,β-unsaturated/α-hetero) is 7. The van der Waals surface area contributed by atoms with E-state index in [1.807, 2.05) is 0 Å². The second kappa shape index (κ2) is 35.6. The number of hydrogen-bond acceptors (Lipinski definition) is 13. The second-order valence-electron chi connectivity index (χ2n) is 13.7. The van der Waals surface area contributed by atoms with E-state index >= 15 is 0 Å². The standard InChI is InChI=1S/C40H68N2O12/c1-4-5-22-51-23-8-13-37(47)20-28-54-29-21-41-40(50)32-42(30-38(48)14-9-26-52-24-6-11-35(45)18-16-33(2)43)31-39(49)15-10-27-53-25-7-12-36(46)19-17-34(3)44/h4-32H2,1-3H3,(H,41,50). The summed E-state index contributed by atoms with van der Waals surface area (Å²) in [5, 5.41) is 2.74. The van der Waals surface area contributed by atoms with Crippen LogP contribution in [0.1, 0.15) is 130 Å². The zero-order chi connectivity index (χ0) is 40.2. The summed E-state index contributed by atoms with van der Waals surface area (Å²) in [6.07, 6.45) is 7.58. The van der Waals surface area contributed by atoms with Crippen molar-refractivity contribution in [1.82, 2.24) is 10.2 Å². The first kappa shape index (κ1) is 51.0. The van der Waals surface area contributed by atoms with Crippen molar-refractivity contribution in [2.45, 2.75) is 130 Å². The molecule has 0 aliphatic carbocycles. The summed E-state index contributed by atoms with van der Waals surface area (Å²) in [6, 6.07) is 0. The zero-order valence-electron chi connectivity index (χ0n) is 33.4. The van der Waals surface area contributed by atoms with Crippen LogP contribution in [0.25, 0.3) is 0 Å². The van der Waals surface area contributed by atoms with Crippen LogP contribution >= 0.6 is 0 Å². The third-order valence-electron chi connectivity index (χ3n) is 8.14. The molecule has 0 fully saturated rings. The van der Waals surface area contributed by atoms with Gasteiger partial charge in [-0.3, -0.25) is 33.7 Å². The number of nitrogens with zero attached hydrogens (tertiary/aromatic N) is 1. The van der Waals surface area contributed by atoms with Gasteiger partial charge in [-0.15, -0.1) is 0 Å². The van der Waals surface area contributed by atoms with Crippen molar-refractivity contribution in [3.8, 4) is 0 Å². The Morgan fingerprint density at radius 1 is 0.407 bits per heavy atom. The molecular weight excluding hydrogens is 700 g/mol. The molecule has 0 heterocycles. The number of ketones is 7. The molecule has 14 heteroatoms. The fourth-order valence-electron chi connectivity index (χ4n) is 5.05. The van der Waals surface area contributed by atoms with Gasteiger partial charge in [-0.2, -0.15) is 0 Å². The monoisotopic (exact) mass is 768 g/mol. The first-order chi connectivity index (χ1) is 25.9. The van der Waals surface area contributed by atoms with Crippen LogP contribution in [-0.4, -0.2) is 130 Å². The van der Waals surface area contributed by atoms with Crippen molar-refractivity contribution >= 4 is 46.4 Å². The van der Waals surface area contributed by atoms with E-state index in [4.69, 9.17) is 18.9 Å². The number of ether oxygens (including phenoxy) is 4. The highest BCUT2D eigenvalue weighted by Gasteiger charge is 2.18. The highest BCUT2D eigenvalue weighted by molar-refractivity contribution is 5.86. The van der Waals surface area contributed by atoms with Gasteiger partial charge in [-0.1, -0.05) is 13.3 Å². The topological polar surface area (TPSA) is 189 Å². The summed E-state index contributed by atoms with van der Waals surface area (Å²) in [5.41, 5.74) is 0. The van der Waals surface area contributed by atoms with Crippen molar-refractivity contribution < 1.29 is 57.3 Å². The summed E-state index contributed by atoms with van der Waals surface area (Å²) >= 11 is 0. The Kier molecular flexibility index (Phi) is 33.6. The van der Waals surface area contributed by atoms with E-state index in [2.05, 4.69) is 12.2 Å². The lowest BCUT2D eigenvalue weighted by atomic mass is 10.1. The average Bonchev–Trinajstić information content (AvgIpc) is 3.11. The van der Waals surface area contributed by atoms with Gasteiger partial charge in [-0.05, 0) is 52.4 Å². The van der Waals surface area contributed by atoms with Crippen molar-refractivity contribution in [2.75, 3.05) is 79.0 Å². The number of rotatable bonds is 41. The van der Waals surface area contributed by atoms with Crippen LogP contribution in [0.5, 0.6) is 0 Å². The minimum atomic E-state index is -0.360. The van der Waals surface area contributed by atoms with E-state index < -0.39 is 0 Å². The van der Waals surface area contributed by atoms with Gasteiger partial charge in [0.15, 0.2) is 0 Å². The quantitative estimate of drug-likeness (QED) is 0.0875. The molecule has 14 nitrogen and oxygen atoms in total. The molecule has 0 rings (SSSR count). The van der Waals surface area contributed by atoms with E-state index in [1.54, 1.807) is 0 Å². The van der Waals surface area contributed by atoms with Gasteiger partial charge in [0, 0.05) is 110 Å². The molecule has 0 saturated heterocycles. The van der Waals surface area contributed by atoms with Crippen molar-refractivity contribution in [2.24, 2.45) is 0 Å². The molecule has 0 saturated carbocycles. The lowest BCUT2D eigenvalue weighted by molar-refractivity contribution is -0.127.